The van der Waals surface area contributed by atoms with Crippen LogP contribution in [-0.4, -0.2) is 35.5 Å². The van der Waals surface area contributed by atoms with Crippen LogP contribution in [0.4, 0.5) is 0 Å². The highest BCUT2D eigenvalue weighted by Crippen LogP contribution is 2.05. The van der Waals surface area contributed by atoms with Gasteiger partial charge in [-0.05, 0) is 6.92 Å². The normalized spacial score (nSPS) is 15.3. The van der Waals surface area contributed by atoms with Crippen molar-refractivity contribution < 1.29 is 19.7 Å². The molecule has 0 aromatic carbocycles. The van der Waals surface area contributed by atoms with Gasteiger partial charge >= 0.3 is 5.97 Å². The predicted octanol–water partition coefficient (Wildman–Crippen LogP) is -0.543. The van der Waals surface area contributed by atoms with Crippen LogP contribution >= 0.6 is 0 Å². The highest BCUT2D eigenvalue weighted by Gasteiger charge is 2.20. The van der Waals surface area contributed by atoms with E-state index in [1.54, 1.807) is 0 Å². The van der Waals surface area contributed by atoms with Crippen molar-refractivity contribution in [2.24, 2.45) is 0 Å². The van der Waals surface area contributed by atoms with Crippen LogP contribution in [0.2, 0.25) is 0 Å². The van der Waals surface area contributed by atoms with Crippen LogP contribution in [0.15, 0.2) is 12.2 Å². The van der Waals surface area contributed by atoms with Crippen molar-refractivity contribution in [3.8, 4) is 0 Å². The van der Waals surface area contributed by atoms with Crippen LogP contribution in [0.3, 0.4) is 0 Å². The average Bonchev–Trinajstić information content (AvgIpc) is 2.00. The van der Waals surface area contributed by atoms with E-state index < -0.39 is 18.2 Å². The molecule has 0 aliphatic heterocycles. The lowest BCUT2D eigenvalue weighted by Gasteiger charge is -2.13. The second-order valence-corrected chi connectivity index (χ2v) is 2.20. The molecule has 0 bridgehead atoms. The molecule has 2 atom stereocenters. The van der Waals surface area contributed by atoms with Gasteiger partial charge < -0.3 is 14.9 Å². The second kappa shape index (κ2) is 4.10. The van der Waals surface area contributed by atoms with E-state index in [-0.39, 0.29) is 5.57 Å². The highest BCUT2D eigenvalue weighted by molar-refractivity contribution is 5.88. The molecule has 0 aromatic rings. The third kappa shape index (κ3) is 2.69. The molecule has 0 saturated heterocycles. The maximum Gasteiger partial charge on any atom is 0.335 e. The minimum Gasteiger partial charge on any atom is -0.466 e. The van der Waals surface area contributed by atoms with Gasteiger partial charge in [0.15, 0.2) is 0 Å². The Bertz CT molecular complexity index is 162. The van der Waals surface area contributed by atoms with Gasteiger partial charge in [-0.1, -0.05) is 6.58 Å². The number of hydrogen-bond acceptors (Lipinski definition) is 4. The summed E-state index contributed by atoms with van der Waals surface area (Å²) in [7, 11) is 1.18. The first-order valence-electron chi connectivity index (χ1n) is 3.14. The fraction of sp³-hybridized carbons (Fsp3) is 0.571. The Hall–Kier alpha value is -0.870. The summed E-state index contributed by atoms with van der Waals surface area (Å²) in [6.07, 6.45) is -2.26. The maximum atomic E-state index is 10.7. The average molecular weight is 160 g/mol. The fourth-order valence-corrected chi connectivity index (χ4v) is 0.543. The third-order valence-electron chi connectivity index (χ3n) is 1.26. The van der Waals surface area contributed by atoms with Crippen molar-refractivity contribution in [3.05, 3.63) is 12.2 Å². The van der Waals surface area contributed by atoms with Crippen LogP contribution in [0.25, 0.3) is 0 Å². The van der Waals surface area contributed by atoms with Crippen molar-refractivity contribution in [3.63, 3.8) is 0 Å². The first-order chi connectivity index (χ1) is 5.00. The zero-order valence-electron chi connectivity index (χ0n) is 6.57. The molecule has 0 fully saturated rings. The summed E-state index contributed by atoms with van der Waals surface area (Å²) in [6.45, 7) is 4.62. The summed E-state index contributed by atoms with van der Waals surface area (Å²) in [6, 6.07) is 0. The maximum absolute atomic E-state index is 10.7. The first-order valence-corrected chi connectivity index (χ1v) is 3.14. The number of esters is 1. The molecule has 0 radical (unpaired) electrons. The summed E-state index contributed by atoms with van der Waals surface area (Å²) < 4.78 is 4.27. The van der Waals surface area contributed by atoms with Crippen LogP contribution in [0.5, 0.6) is 0 Å². The lowest BCUT2D eigenvalue weighted by atomic mass is 10.1. The fourth-order valence-electron chi connectivity index (χ4n) is 0.543. The van der Waals surface area contributed by atoms with Crippen molar-refractivity contribution in [2.45, 2.75) is 19.1 Å². The van der Waals surface area contributed by atoms with E-state index in [0.717, 1.165) is 0 Å². The van der Waals surface area contributed by atoms with E-state index in [9.17, 15) is 4.79 Å². The minimum absolute atomic E-state index is 0.137. The quantitative estimate of drug-likeness (QED) is 0.429. The molecule has 0 rings (SSSR count). The molecule has 0 saturated carbocycles. The van der Waals surface area contributed by atoms with E-state index in [4.69, 9.17) is 10.2 Å². The number of carbonyl (C=O) groups excluding carboxylic acids is 1. The molecule has 0 amide bonds. The smallest absolute Gasteiger partial charge is 0.335 e. The predicted molar refractivity (Wildman–Crippen MR) is 38.8 cm³/mol. The topological polar surface area (TPSA) is 66.8 Å². The van der Waals surface area contributed by atoms with Crippen LogP contribution in [-0.2, 0) is 9.53 Å². The summed E-state index contributed by atoms with van der Waals surface area (Å²) in [5.41, 5.74) is -0.137. The number of rotatable bonds is 3. The Morgan fingerprint density at radius 2 is 2.00 bits per heavy atom. The Morgan fingerprint density at radius 3 is 2.27 bits per heavy atom. The Morgan fingerprint density at radius 1 is 1.55 bits per heavy atom. The summed E-state index contributed by atoms with van der Waals surface area (Å²) in [4.78, 5) is 10.7. The lowest BCUT2D eigenvalue weighted by molar-refractivity contribution is -0.138. The van der Waals surface area contributed by atoms with Crippen LogP contribution < -0.4 is 0 Å². The molecule has 64 valence electrons. The number of hydrogen-bond donors (Lipinski definition) is 2. The summed E-state index contributed by atoms with van der Waals surface area (Å²) in [5.74, 6) is -0.710. The van der Waals surface area contributed by atoms with Crippen molar-refractivity contribution in [1.82, 2.24) is 0 Å². The van der Waals surface area contributed by atoms with Crippen LogP contribution in [0.1, 0.15) is 6.92 Å². The lowest BCUT2D eigenvalue weighted by Crippen LogP contribution is -2.28. The van der Waals surface area contributed by atoms with E-state index in [0.29, 0.717) is 0 Å². The Labute approximate surface area is 65.1 Å². The Kier molecular flexibility index (Phi) is 3.78. The number of methoxy groups -OCH3 is 1. The van der Waals surface area contributed by atoms with Gasteiger partial charge in [0.1, 0.15) is 6.10 Å². The van der Waals surface area contributed by atoms with Gasteiger partial charge in [0.2, 0.25) is 0 Å². The van der Waals surface area contributed by atoms with Crippen molar-refractivity contribution in [1.29, 1.82) is 0 Å². The molecule has 11 heavy (non-hydrogen) atoms. The molecule has 4 nitrogen and oxygen atoms in total. The first kappa shape index (κ1) is 10.1. The van der Waals surface area contributed by atoms with Gasteiger partial charge in [-0.15, -0.1) is 0 Å². The zero-order chi connectivity index (χ0) is 9.02. The van der Waals surface area contributed by atoms with Gasteiger partial charge in [-0.3, -0.25) is 0 Å². The molecule has 0 spiro atoms. The molecule has 0 heterocycles. The number of aliphatic hydroxyl groups excluding tert-OH is 2. The number of ether oxygens (including phenoxy) is 1. The number of aliphatic hydroxyl groups is 2. The molecule has 0 aromatic heterocycles. The van der Waals surface area contributed by atoms with Gasteiger partial charge in [-0.25, -0.2) is 4.79 Å². The Balaban J connectivity index is 4.14. The van der Waals surface area contributed by atoms with Gasteiger partial charge in [0.05, 0.1) is 18.8 Å². The van der Waals surface area contributed by atoms with E-state index in [1.165, 1.54) is 14.0 Å². The van der Waals surface area contributed by atoms with E-state index in [2.05, 4.69) is 11.3 Å². The standard InChI is InChI=1S/C7H12O4/c1-4(7(10)11-3)6(9)5(2)8/h5-6,8-9H,1H2,2-3H3. The van der Waals surface area contributed by atoms with E-state index in [1.807, 2.05) is 0 Å². The van der Waals surface area contributed by atoms with Gasteiger partial charge in [0, 0.05) is 0 Å². The molecule has 2 N–H and O–H groups in total. The molecule has 2 unspecified atom stereocenters. The molecule has 0 aliphatic rings. The summed E-state index contributed by atoms with van der Waals surface area (Å²) in [5, 5.41) is 17.9. The molecular formula is C7H12O4. The van der Waals surface area contributed by atoms with Gasteiger partial charge in [-0.2, -0.15) is 0 Å². The van der Waals surface area contributed by atoms with Gasteiger partial charge in [0.25, 0.3) is 0 Å². The molecule has 4 heteroatoms. The molecule has 0 aliphatic carbocycles. The monoisotopic (exact) mass is 160 g/mol. The largest absolute Gasteiger partial charge is 0.466 e. The highest BCUT2D eigenvalue weighted by atomic mass is 16.5. The van der Waals surface area contributed by atoms with Crippen molar-refractivity contribution in [2.75, 3.05) is 7.11 Å². The zero-order valence-corrected chi connectivity index (χ0v) is 6.57. The van der Waals surface area contributed by atoms with Crippen molar-refractivity contribution >= 4 is 5.97 Å². The third-order valence-corrected chi connectivity index (χ3v) is 1.26. The minimum atomic E-state index is -1.25. The second-order valence-electron chi connectivity index (χ2n) is 2.20. The SMILES string of the molecule is C=C(C(=O)OC)C(O)C(C)O. The number of carbonyl (C=O) groups is 1. The summed E-state index contributed by atoms with van der Waals surface area (Å²) >= 11 is 0. The molecular weight excluding hydrogens is 148 g/mol. The van der Waals surface area contributed by atoms with E-state index >= 15 is 0 Å². The van der Waals surface area contributed by atoms with Crippen LogP contribution in [0, 0.1) is 0 Å².